The van der Waals surface area contributed by atoms with Crippen LogP contribution < -0.4 is 16.3 Å². The van der Waals surface area contributed by atoms with Gasteiger partial charge in [-0.25, -0.2) is 14.2 Å². The van der Waals surface area contributed by atoms with E-state index in [0.29, 0.717) is 19.0 Å². The number of anilines is 1. The largest absolute Gasteiger partial charge is 0.355 e. The Morgan fingerprint density at radius 3 is 2.18 bits per heavy atom. The van der Waals surface area contributed by atoms with Crippen molar-refractivity contribution in [2.24, 2.45) is 7.05 Å². The molecular weight excluding hydrogens is 220 g/mol. The molecule has 17 heavy (non-hydrogen) atoms. The van der Waals surface area contributed by atoms with Gasteiger partial charge in [0.05, 0.1) is 0 Å². The van der Waals surface area contributed by atoms with E-state index in [4.69, 9.17) is 0 Å². The van der Waals surface area contributed by atoms with E-state index < -0.39 is 5.69 Å². The SMILES string of the molecule is CCN(CC)c1nc(=O)n(C(C)C)c(=O)n1C. The van der Waals surface area contributed by atoms with Gasteiger partial charge in [-0.1, -0.05) is 0 Å². The van der Waals surface area contributed by atoms with E-state index in [1.54, 1.807) is 20.9 Å². The van der Waals surface area contributed by atoms with Crippen molar-refractivity contribution in [3.05, 3.63) is 21.0 Å². The summed E-state index contributed by atoms with van der Waals surface area (Å²) in [5.41, 5.74) is -0.799. The average molecular weight is 240 g/mol. The predicted octanol–water partition coefficient (Wildman–Crippen LogP) is 0.369. The van der Waals surface area contributed by atoms with Gasteiger partial charge in [-0.2, -0.15) is 4.98 Å². The first-order valence-electron chi connectivity index (χ1n) is 5.88. The first-order chi connectivity index (χ1) is 7.93. The molecule has 0 amide bonds. The van der Waals surface area contributed by atoms with Crippen molar-refractivity contribution in [2.45, 2.75) is 33.7 Å². The van der Waals surface area contributed by atoms with Gasteiger partial charge in [0.15, 0.2) is 0 Å². The summed E-state index contributed by atoms with van der Waals surface area (Å²) in [5.74, 6) is 0.432. The van der Waals surface area contributed by atoms with E-state index in [2.05, 4.69) is 4.98 Å². The summed E-state index contributed by atoms with van der Waals surface area (Å²) < 4.78 is 2.58. The molecule has 1 aromatic heterocycles. The number of hydrogen-bond acceptors (Lipinski definition) is 4. The molecule has 0 saturated carbocycles. The molecule has 0 bridgehead atoms. The molecule has 6 nitrogen and oxygen atoms in total. The third-order valence-corrected chi connectivity index (χ3v) is 2.76. The molecule has 0 saturated heterocycles. The quantitative estimate of drug-likeness (QED) is 0.763. The molecule has 1 heterocycles. The van der Waals surface area contributed by atoms with Crippen molar-refractivity contribution in [3.63, 3.8) is 0 Å². The van der Waals surface area contributed by atoms with Gasteiger partial charge < -0.3 is 4.90 Å². The highest BCUT2D eigenvalue weighted by atomic mass is 16.2. The summed E-state index contributed by atoms with van der Waals surface area (Å²) in [7, 11) is 1.64. The molecular formula is C11H20N4O2. The Morgan fingerprint density at radius 1 is 1.24 bits per heavy atom. The van der Waals surface area contributed by atoms with Gasteiger partial charge in [-0.05, 0) is 27.7 Å². The van der Waals surface area contributed by atoms with Crippen LogP contribution in [0.25, 0.3) is 0 Å². The summed E-state index contributed by atoms with van der Waals surface area (Å²) in [6.45, 7) is 8.93. The van der Waals surface area contributed by atoms with Gasteiger partial charge in [0, 0.05) is 26.2 Å². The second-order valence-corrected chi connectivity index (χ2v) is 4.17. The van der Waals surface area contributed by atoms with Crippen LogP contribution in [-0.2, 0) is 7.05 Å². The maximum atomic E-state index is 12.0. The Morgan fingerprint density at radius 2 is 1.76 bits per heavy atom. The lowest BCUT2D eigenvalue weighted by Crippen LogP contribution is -2.44. The first kappa shape index (κ1) is 13.5. The van der Waals surface area contributed by atoms with Gasteiger partial charge >= 0.3 is 11.4 Å². The fourth-order valence-electron chi connectivity index (χ4n) is 1.77. The number of hydrogen-bond donors (Lipinski definition) is 0. The van der Waals surface area contributed by atoms with E-state index in [1.807, 2.05) is 18.7 Å². The zero-order valence-electron chi connectivity index (χ0n) is 11.1. The van der Waals surface area contributed by atoms with E-state index in [1.165, 1.54) is 4.57 Å². The zero-order chi connectivity index (χ0) is 13.2. The van der Waals surface area contributed by atoms with Gasteiger partial charge in [-0.3, -0.25) is 4.57 Å². The molecule has 0 aliphatic carbocycles. The molecule has 0 aliphatic heterocycles. The van der Waals surface area contributed by atoms with Gasteiger partial charge in [0.1, 0.15) is 0 Å². The van der Waals surface area contributed by atoms with E-state index in [9.17, 15) is 9.59 Å². The molecule has 0 spiro atoms. The third kappa shape index (κ3) is 2.40. The maximum Gasteiger partial charge on any atom is 0.355 e. The van der Waals surface area contributed by atoms with Crippen molar-refractivity contribution in [1.29, 1.82) is 0 Å². The van der Waals surface area contributed by atoms with E-state index in [0.717, 1.165) is 4.57 Å². The van der Waals surface area contributed by atoms with Crippen molar-refractivity contribution >= 4 is 5.95 Å². The van der Waals surface area contributed by atoms with Crippen LogP contribution in [0.2, 0.25) is 0 Å². The summed E-state index contributed by atoms with van der Waals surface area (Å²) in [6.07, 6.45) is 0. The highest BCUT2D eigenvalue weighted by Crippen LogP contribution is 2.04. The molecule has 0 aliphatic rings. The van der Waals surface area contributed by atoms with Crippen LogP contribution in [-0.4, -0.2) is 27.2 Å². The summed E-state index contributed by atoms with van der Waals surface area (Å²) in [4.78, 5) is 29.7. The number of aromatic nitrogens is 3. The summed E-state index contributed by atoms with van der Waals surface area (Å²) in [6, 6.07) is -0.181. The van der Waals surface area contributed by atoms with Crippen LogP contribution >= 0.6 is 0 Å². The molecule has 0 unspecified atom stereocenters. The van der Waals surface area contributed by atoms with Crippen LogP contribution in [0.15, 0.2) is 9.59 Å². The fraction of sp³-hybridized carbons (Fsp3) is 0.727. The Kier molecular flexibility index (Phi) is 4.09. The molecule has 0 N–H and O–H groups in total. The molecule has 0 aromatic carbocycles. The first-order valence-corrected chi connectivity index (χ1v) is 5.88. The summed E-state index contributed by atoms with van der Waals surface area (Å²) in [5, 5.41) is 0. The van der Waals surface area contributed by atoms with E-state index in [-0.39, 0.29) is 11.7 Å². The highest BCUT2D eigenvalue weighted by Gasteiger charge is 2.15. The normalized spacial score (nSPS) is 10.9. The molecule has 0 atom stereocenters. The van der Waals surface area contributed by atoms with Crippen molar-refractivity contribution in [1.82, 2.24) is 14.1 Å². The average Bonchev–Trinajstić information content (AvgIpc) is 2.26. The molecule has 0 radical (unpaired) electrons. The van der Waals surface area contributed by atoms with Crippen LogP contribution in [0.4, 0.5) is 5.95 Å². The Balaban J connectivity index is 3.50. The highest BCUT2D eigenvalue weighted by molar-refractivity contribution is 5.28. The molecule has 1 aromatic rings. The second kappa shape index (κ2) is 5.16. The maximum absolute atomic E-state index is 12.0. The van der Waals surface area contributed by atoms with Crippen molar-refractivity contribution in [3.8, 4) is 0 Å². The van der Waals surface area contributed by atoms with E-state index >= 15 is 0 Å². The monoisotopic (exact) mass is 240 g/mol. The third-order valence-electron chi connectivity index (χ3n) is 2.76. The molecule has 6 heteroatoms. The second-order valence-electron chi connectivity index (χ2n) is 4.17. The Labute approximate surface area is 101 Å². The topological polar surface area (TPSA) is 60.1 Å². The number of nitrogens with zero attached hydrogens (tertiary/aromatic N) is 4. The molecule has 96 valence electrons. The van der Waals surface area contributed by atoms with Crippen LogP contribution in [0, 0.1) is 0 Å². The lowest BCUT2D eigenvalue weighted by atomic mass is 10.4. The summed E-state index contributed by atoms with van der Waals surface area (Å²) >= 11 is 0. The minimum Gasteiger partial charge on any atom is -0.343 e. The lowest BCUT2D eigenvalue weighted by molar-refractivity contribution is 0.499. The predicted molar refractivity (Wildman–Crippen MR) is 67.7 cm³/mol. The minimum atomic E-state index is -0.481. The molecule has 1 rings (SSSR count). The minimum absolute atomic E-state index is 0.181. The van der Waals surface area contributed by atoms with Crippen molar-refractivity contribution in [2.75, 3.05) is 18.0 Å². The van der Waals surface area contributed by atoms with Gasteiger partial charge in [-0.15, -0.1) is 0 Å². The van der Waals surface area contributed by atoms with Crippen LogP contribution in [0.1, 0.15) is 33.7 Å². The zero-order valence-corrected chi connectivity index (χ0v) is 11.1. The lowest BCUT2D eigenvalue weighted by Gasteiger charge is -2.22. The fourth-order valence-corrected chi connectivity index (χ4v) is 1.77. The van der Waals surface area contributed by atoms with Gasteiger partial charge in [0.2, 0.25) is 5.95 Å². The van der Waals surface area contributed by atoms with Gasteiger partial charge in [0.25, 0.3) is 0 Å². The smallest absolute Gasteiger partial charge is 0.343 e. The Hall–Kier alpha value is -1.59. The van der Waals surface area contributed by atoms with Crippen molar-refractivity contribution < 1.29 is 0 Å². The number of rotatable bonds is 4. The standard InChI is InChI=1S/C11H20N4O2/c1-6-14(7-2)9-12-10(16)15(8(3)4)11(17)13(9)5/h8H,6-7H2,1-5H3. The molecule has 0 fully saturated rings. The van der Waals surface area contributed by atoms with Crippen LogP contribution in [0.5, 0.6) is 0 Å². The van der Waals surface area contributed by atoms with Crippen LogP contribution in [0.3, 0.4) is 0 Å². The Bertz CT molecular complexity index is 497.